The van der Waals surface area contributed by atoms with Gasteiger partial charge in [0, 0.05) is 30.4 Å². The lowest BCUT2D eigenvalue weighted by atomic mass is 10.1. The number of pyridine rings is 1. The molecule has 0 bridgehead atoms. The number of halogens is 3. The molecule has 2 aromatic carbocycles. The van der Waals surface area contributed by atoms with Gasteiger partial charge in [0.2, 0.25) is 5.78 Å². The number of hydrogen-bond acceptors (Lipinski definition) is 6. The SMILES string of the molecule is CNC(=O)c1cc(Oc2ccc(NCC(=O)c3n[nH]c4ccc(C(F)(F)F)cc34)cc2)ccn1. The molecule has 11 heteroatoms. The number of ether oxygens (including phenoxy) is 1. The summed E-state index contributed by atoms with van der Waals surface area (Å²) >= 11 is 0. The highest BCUT2D eigenvalue weighted by molar-refractivity contribution is 6.07. The van der Waals surface area contributed by atoms with Crippen molar-refractivity contribution in [3.05, 3.63) is 77.7 Å². The van der Waals surface area contributed by atoms with Crippen molar-refractivity contribution in [3.8, 4) is 11.5 Å². The number of aromatic amines is 1. The lowest BCUT2D eigenvalue weighted by molar-refractivity contribution is -0.137. The Morgan fingerprint density at radius 2 is 1.79 bits per heavy atom. The van der Waals surface area contributed by atoms with Crippen LogP contribution in [0.1, 0.15) is 26.5 Å². The second-order valence-electron chi connectivity index (χ2n) is 7.19. The molecule has 4 rings (SSSR count). The first-order chi connectivity index (χ1) is 16.2. The topological polar surface area (TPSA) is 109 Å². The zero-order valence-corrected chi connectivity index (χ0v) is 17.7. The predicted octanol–water partition coefficient (Wildman–Crippen LogP) is 4.42. The fraction of sp³-hybridized carbons (Fsp3) is 0.130. The van der Waals surface area contributed by atoms with Gasteiger partial charge in [-0.2, -0.15) is 18.3 Å². The van der Waals surface area contributed by atoms with Crippen molar-refractivity contribution in [1.82, 2.24) is 20.5 Å². The Labute approximate surface area is 191 Å². The number of hydrogen-bond donors (Lipinski definition) is 3. The van der Waals surface area contributed by atoms with Gasteiger partial charge in [-0.3, -0.25) is 19.7 Å². The number of H-pyrrole nitrogens is 1. The van der Waals surface area contributed by atoms with Crippen LogP contribution in [0.2, 0.25) is 0 Å². The highest BCUT2D eigenvalue weighted by Gasteiger charge is 2.31. The van der Waals surface area contributed by atoms with Crippen LogP contribution in [0.4, 0.5) is 18.9 Å². The van der Waals surface area contributed by atoms with E-state index in [-0.39, 0.29) is 29.2 Å². The fourth-order valence-corrected chi connectivity index (χ4v) is 3.17. The molecule has 0 aliphatic rings. The van der Waals surface area contributed by atoms with Gasteiger partial charge >= 0.3 is 6.18 Å². The van der Waals surface area contributed by atoms with Gasteiger partial charge in [0.05, 0.1) is 17.6 Å². The molecule has 0 fully saturated rings. The highest BCUT2D eigenvalue weighted by Crippen LogP contribution is 2.32. The van der Waals surface area contributed by atoms with Crippen molar-refractivity contribution in [2.24, 2.45) is 0 Å². The molecule has 0 spiro atoms. The van der Waals surface area contributed by atoms with Gasteiger partial charge < -0.3 is 15.4 Å². The van der Waals surface area contributed by atoms with Crippen molar-refractivity contribution >= 4 is 28.3 Å². The Bertz CT molecular complexity index is 1350. The summed E-state index contributed by atoms with van der Waals surface area (Å²) in [5.74, 6) is 0.107. The maximum atomic E-state index is 13.0. The van der Waals surface area contributed by atoms with Gasteiger partial charge in [0.25, 0.3) is 5.91 Å². The van der Waals surface area contributed by atoms with Crippen LogP contribution >= 0.6 is 0 Å². The van der Waals surface area contributed by atoms with Crippen LogP contribution < -0.4 is 15.4 Å². The molecule has 0 saturated carbocycles. The zero-order valence-electron chi connectivity index (χ0n) is 17.7. The van der Waals surface area contributed by atoms with E-state index in [1.807, 2.05) is 0 Å². The van der Waals surface area contributed by atoms with Gasteiger partial charge in [0.15, 0.2) is 0 Å². The van der Waals surface area contributed by atoms with E-state index in [1.54, 1.807) is 30.3 Å². The number of carbonyl (C=O) groups excluding carboxylic acids is 2. The summed E-state index contributed by atoms with van der Waals surface area (Å²) in [5, 5.41) is 12.0. The fourth-order valence-electron chi connectivity index (χ4n) is 3.17. The molecule has 0 aliphatic carbocycles. The van der Waals surface area contributed by atoms with Crippen molar-refractivity contribution in [3.63, 3.8) is 0 Å². The summed E-state index contributed by atoms with van der Waals surface area (Å²) in [7, 11) is 1.50. The molecule has 174 valence electrons. The van der Waals surface area contributed by atoms with E-state index in [0.717, 1.165) is 12.1 Å². The molecule has 34 heavy (non-hydrogen) atoms. The van der Waals surface area contributed by atoms with Crippen molar-refractivity contribution in [2.45, 2.75) is 6.18 Å². The number of Topliss-reactive ketones (excluding diaryl/α,β-unsaturated/α-hetero) is 1. The van der Waals surface area contributed by atoms with Gasteiger partial charge in [0.1, 0.15) is 22.9 Å². The van der Waals surface area contributed by atoms with E-state index in [0.29, 0.717) is 22.7 Å². The Hall–Kier alpha value is -4.41. The summed E-state index contributed by atoms with van der Waals surface area (Å²) in [6, 6.07) is 12.9. The average Bonchev–Trinajstić information content (AvgIpc) is 3.26. The Morgan fingerprint density at radius 1 is 1.03 bits per heavy atom. The minimum atomic E-state index is -4.52. The van der Waals surface area contributed by atoms with Gasteiger partial charge in [-0.1, -0.05) is 0 Å². The first-order valence-corrected chi connectivity index (χ1v) is 10.0. The summed E-state index contributed by atoms with van der Waals surface area (Å²) in [6.45, 7) is -0.170. The number of rotatable bonds is 7. The number of fused-ring (bicyclic) bond motifs is 1. The molecule has 0 radical (unpaired) electrons. The second kappa shape index (κ2) is 9.22. The molecule has 0 saturated heterocycles. The van der Waals surface area contributed by atoms with E-state index in [9.17, 15) is 22.8 Å². The number of anilines is 1. The van der Waals surface area contributed by atoms with Crippen molar-refractivity contribution < 1.29 is 27.5 Å². The molecule has 0 atom stereocenters. The molecule has 1 amide bonds. The highest BCUT2D eigenvalue weighted by atomic mass is 19.4. The second-order valence-corrected chi connectivity index (χ2v) is 7.19. The summed E-state index contributed by atoms with van der Waals surface area (Å²) in [4.78, 5) is 28.2. The van der Waals surface area contributed by atoms with Crippen LogP contribution in [0.5, 0.6) is 11.5 Å². The number of alkyl halides is 3. The van der Waals surface area contributed by atoms with Gasteiger partial charge in [-0.25, -0.2) is 0 Å². The van der Waals surface area contributed by atoms with Crippen molar-refractivity contribution in [2.75, 3.05) is 18.9 Å². The third-order valence-corrected chi connectivity index (χ3v) is 4.89. The van der Waals surface area contributed by atoms with Gasteiger partial charge in [-0.05, 0) is 48.5 Å². The number of nitrogens with zero attached hydrogens (tertiary/aromatic N) is 2. The number of carbonyl (C=O) groups is 2. The molecule has 0 aliphatic heterocycles. The molecule has 2 aromatic heterocycles. The summed E-state index contributed by atoms with van der Waals surface area (Å²) in [6.07, 6.45) is -3.06. The van der Waals surface area contributed by atoms with Gasteiger partial charge in [-0.15, -0.1) is 0 Å². The minimum Gasteiger partial charge on any atom is -0.457 e. The molecular formula is C23H18F3N5O3. The van der Waals surface area contributed by atoms with Crippen LogP contribution in [-0.4, -0.2) is 40.5 Å². The third-order valence-electron chi connectivity index (χ3n) is 4.89. The molecule has 4 aromatic rings. The van der Waals surface area contributed by atoms with E-state index in [4.69, 9.17) is 4.74 Å². The minimum absolute atomic E-state index is 0.0711. The Kier molecular flexibility index (Phi) is 6.17. The molecule has 8 nitrogen and oxygen atoms in total. The number of nitrogens with one attached hydrogen (secondary N) is 3. The zero-order chi connectivity index (χ0) is 24.3. The first-order valence-electron chi connectivity index (χ1n) is 10.0. The standard InChI is InChI=1S/C23H18F3N5O3/c1-27-22(33)19-11-16(8-9-28-19)34-15-5-3-14(4-6-15)29-12-20(32)21-17-10-13(23(24,25)26)2-7-18(17)30-31-21/h2-11,29H,12H2,1H3,(H,27,33)(H,30,31). The van der Waals surface area contributed by atoms with E-state index >= 15 is 0 Å². The maximum Gasteiger partial charge on any atom is 0.416 e. The normalized spacial score (nSPS) is 11.3. The Morgan fingerprint density at radius 3 is 2.50 bits per heavy atom. The lowest BCUT2D eigenvalue weighted by Crippen LogP contribution is -2.18. The molecule has 2 heterocycles. The Balaban J connectivity index is 1.41. The van der Waals surface area contributed by atoms with Crippen LogP contribution in [-0.2, 0) is 6.18 Å². The van der Waals surface area contributed by atoms with E-state index in [2.05, 4.69) is 25.8 Å². The first kappa shape index (κ1) is 22.8. The monoisotopic (exact) mass is 469 g/mol. The molecule has 0 unspecified atom stereocenters. The molecule has 3 N–H and O–H groups in total. The van der Waals surface area contributed by atoms with Crippen LogP contribution in [0.3, 0.4) is 0 Å². The van der Waals surface area contributed by atoms with Crippen LogP contribution in [0, 0.1) is 0 Å². The summed E-state index contributed by atoms with van der Waals surface area (Å²) in [5.41, 5.74) is 0.227. The number of benzene rings is 2. The largest absolute Gasteiger partial charge is 0.457 e. The number of aromatic nitrogens is 3. The molecular weight excluding hydrogens is 451 g/mol. The van der Waals surface area contributed by atoms with Crippen LogP contribution in [0.15, 0.2) is 60.8 Å². The maximum absolute atomic E-state index is 13.0. The van der Waals surface area contributed by atoms with E-state index in [1.165, 1.54) is 25.4 Å². The quantitative estimate of drug-likeness (QED) is 0.346. The average molecular weight is 469 g/mol. The van der Waals surface area contributed by atoms with E-state index < -0.39 is 17.5 Å². The smallest absolute Gasteiger partial charge is 0.416 e. The van der Waals surface area contributed by atoms with Crippen molar-refractivity contribution in [1.29, 1.82) is 0 Å². The van der Waals surface area contributed by atoms with Crippen LogP contribution in [0.25, 0.3) is 10.9 Å². The lowest BCUT2D eigenvalue weighted by Gasteiger charge is -2.09. The predicted molar refractivity (Wildman–Crippen MR) is 118 cm³/mol. The summed E-state index contributed by atoms with van der Waals surface area (Å²) < 4.78 is 44.7. The third kappa shape index (κ3) is 4.98. The number of amides is 1. The number of ketones is 1.